The second-order valence-electron chi connectivity index (χ2n) is 6.96. The van der Waals surface area contributed by atoms with Crippen LogP contribution in [0.25, 0.3) is 0 Å². The minimum atomic E-state index is -0.174. The predicted molar refractivity (Wildman–Crippen MR) is 99.8 cm³/mol. The Bertz CT molecular complexity index is 870. The minimum Gasteiger partial charge on any atom is -0.466 e. The summed E-state index contributed by atoms with van der Waals surface area (Å²) in [6, 6.07) is 9.07. The highest BCUT2D eigenvalue weighted by atomic mass is 16.7. The summed E-state index contributed by atoms with van der Waals surface area (Å²) in [4.78, 5) is 30.8. The molecule has 2 aliphatic rings. The van der Waals surface area contributed by atoms with Gasteiger partial charge in [0.2, 0.25) is 6.79 Å². The van der Waals surface area contributed by atoms with Crippen molar-refractivity contribution in [2.75, 3.05) is 19.9 Å². The summed E-state index contributed by atoms with van der Waals surface area (Å²) in [6.45, 7) is 3.30. The van der Waals surface area contributed by atoms with Gasteiger partial charge in [0, 0.05) is 31.0 Å². The smallest absolute Gasteiger partial charge is 0.309 e. The Hall–Kier alpha value is -3.09. The first-order chi connectivity index (χ1) is 13.7. The Kier molecular flexibility index (Phi) is 5.14. The van der Waals surface area contributed by atoms with Crippen molar-refractivity contribution in [3.05, 3.63) is 53.9 Å². The monoisotopic (exact) mass is 382 g/mol. The number of aromatic nitrogens is 1. The van der Waals surface area contributed by atoms with E-state index in [4.69, 9.17) is 14.2 Å². The van der Waals surface area contributed by atoms with Gasteiger partial charge in [-0.3, -0.25) is 14.6 Å². The standard InChI is InChI=1S/C21H22N2O5/c1-2-26-21(25)17-10-16(17)12-23(20(24)15-5-7-22-8-6-15)11-14-3-4-18-19(9-14)28-13-27-18/h3-9,16-17H,2,10-13H2,1H3/t16-,17-/m0/s1. The summed E-state index contributed by atoms with van der Waals surface area (Å²) < 4.78 is 15.9. The van der Waals surface area contributed by atoms with Gasteiger partial charge in [-0.2, -0.15) is 0 Å². The van der Waals surface area contributed by atoms with Crippen LogP contribution < -0.4 is 9.47 Å². The first-order valence-corrected chi connectivity index (χ1v) is 9.40. The maximum absolute atomic E-state index is 13.1. The van der Waals surface area contributed by atoms with Gasteiger partial charge in [-0.05, 0) is 49.1 Å². The van der Waals surface area contributed by atoms with Crippen LogP contribution in [0.5, 0.6) is 11.5 Å². The Morgan fingerprint density at radius 2 is 1.96 bits per heavy atom. The maximum atomic E-state index is 13.1. The lowest BCUT2D eigenvalue weighted by molar-refractivity contribution is -0.145. The Morgan fingerprint density at radius 3 is 2.75 bits per heavy atom. The molecule has 2 heterocycles. The van der Waals surface area contributed by atoms with Gasteiger partial charge in [-0.1, -0.05) is 6.07 Å². The molecule has 1 amide bonds. The number of esters is 1. The number of rotatable bonds is 7. The largest absolute Gasteiger partial charge is 0.466 e. The molecule has 0 saturated heterocycles. The average Bonchev–Trinajstić information content (AvgIpc) is 3.33. The second-order valence-corrected chi connectivity index (χ2v) is 6.96. The highest BCUT2D eigenvalue weighted by molar-refractivity contribution is 5.94. The first-order valence-electron chi connectivity index (χ1n) is 9.40. The van der Waals surface area contributed by atoms with Crippen molar-refractivity contribution in [2.24, 2.45) is 11.8 Å². The van der Waals surface area contributed by atoms with Crippen LogP contribution in [0.2, 0.25) is 0 Å². The van der Waals surface area contributed by atoms with Crippen LogP contribution in [0.15, 0.2) is 42.7 Å². The molecule has 28 heavy (non-hydrogen) atoms. The third-order valence-corrected chi connectivity index (χ3v) is 4.99. The number of hydrogen-bond acceptors (Lipinski definition) is 6. The summed E-state index contributed by atoms with van der Waals surface area (Å²) in [5.41, 5.74) is 1.52. The van der Waals surface area contributed by atoms with Crippen LogP contribution in [0.3, 0.4) is 0 Å². The highest BCUT2D eigenvalue weighted by Crippen LogP contribution is 2.41. The van der Waals surface area contributed by atoms with Gasteiger partial charge >= 0.3 is 5.97 Å². The fraction of sp³-hybridized carbons (Fsp3) is 0.381. The molecule has 0 bridgehead atoms. The molecule has 4 rings (SSSR count). The van der Waals surface area contributed by atoms with Gasteiger partial charge in [0.05, 0.1) is 12.5 Å². The van der Waals surface area contributed by atoms with Crippen molar-refractivity contribution in [1.82, 2.24) is 9.88 Å². The lowest BCUT2D eigenvalue weighted by Crippen LogP contribution is -2.33. The molecule has 0 spiro atoms. The molecule has 0 radical (unpaired) electrons. The van der Waals surface area contributed by atoms with Crippen LogP contribution in [-0.2, 0) is 16.1 Å². The van der Waals surface area contributed by atoms with E-state index in [2.05, 4.69) is 4.98 Å². The summed E-state index contributed by atoms with van der Waals surface area (Å²) >= 11 is 0. The van der Waals surface area contributed by atoms with Crippen molar-refractivity contribution >= 4 is 11.9 Å². The van der Waals surface area contributed by atoms with Crippen LogP contribution in [0, 0.1) is 11.8 Å². The molecule has 0 N–H and O–H groups in total. The average molecular weight is 382 g/mol. The molecule has 1 aliphatic carbocycles. The van der Waals surface area contributed by atoms with E-state index in [0.717, 1.165) is 12.0 Å². The lowest BCUT2D eigenvalue weighted by Gasteiger charge is -2.23. The molecule has 0 unspecified atom stereocenters. The quantitative estimate of drug-likeness (QED) is 0.685. The molecular weight excluding hydrogens is 360 g/mol. The molecule has 1 fully saturated rings. The van der Waals surface area contributed by atoms with Crippen LogP contribution in [0.4, 0.5) is 0 Å². The molecule has 2 aromatic rings. The van der Waals surface area contributed by atoms with E-state index in [0.29, 0.717) is 36.8 Å². The lowest BCUT2D eigenvalue weighted by atomic mass is 10.1. The zero-order valence-corrected chi connectivity index (χ0v) is 15.7. The van der Waals surface area contributed by atoms with Gasteiger partial charge in [0.25, 0.3) is 5.91 Å². The van der Waals surface area contributed by atoms with Crippen molar-refractivity contribution in [2.45, 2.75) is 19.9 Å². The number of nitrogens with zero attached hydrogens (tertiary/aromatic N) is 2. The molecular formula is C21H22N2O5. The Balaban J connectivity index is 1.50. The third-order valence-electron chi connectivity index (χ3n) is 4.99. The zero-order valence-electron chi connectivity index (χ0n) is 15.7. The summed E-state index contributed by atoms with van der Waals surface area (Å²) in [5, 5.41) is 0. The fourth-order valence-corrected chi connectivity index (χ4v) is 3.43. The normalized spacial score (nSPS) is 19.2. The number of hydrogen-bond donors (Lipinski definition) is 0. The number of carbonyl (C=O) groups is 2. The van der Waals surface area contributed by atoms with Gasteiger partial charge < -0.3 is 19.1 Å². The molecule has 146 valence electrons. The SMILES string of the molecule is CCOC(=O)[C@H]1C[C@H]1CN(Cc1ccc2c(c1)OCO2)C(=O)c1ccncc1. The van der Waals surface area contributed by atoms with Gasteiger partial charge in [-0.25, -0.2) is 0 Å². The summed E-state index contributed by atoms with van der Waals surface area (Å²) in [5.74, 6) is 1.13. The van der Waals surface area contributed by atoms with Crippen molar-refractivity contribution in [3.63, 3.8) is 0 Å². The molecule has 1 aromatic heterocycles. The second kappa shape index (κ2) is 7.88. The van der Waals surface area contributed by atoms with Crippen molar-refractivity contribution in [1.29, 1.82) is 0 Å². The predicted octanol–water partition coefficient (Wildman–Crippen LogP) is 2.65. The van der Waals surface area contributed by atoms with Crippen molar-refractivity contribution < 1.29 is 23.8 Å². The van der Waals surface area contributed by atoms with E-state index in [1.807, 2.05) is 18.2 Å². The van der Waals surface area contributed by atoms with Crippen LogP contribution in [-0.4, -0.2) is 41.7 Å². The van der Waals surface area contributed by atoms with E-state index in [1.54, 1.807) is 36.4 Å². The topological polar surface area (TPSA) is 78.0 Å². The van der Waals surface area contributed by atoms with E-state index in [-0.39, 0.29) is 30.5 Å². The van der Waals surface area contributed by atoms with Gasteiger partial charge in [-0.15, -0.1) is 0 Å². The molecule has 7 heteroatoms. The molecule has 2 atom stereocenters. The highest BCUT2D eigenvalue weighted by Gasteiger charge is 2.45. The molecule has 1 saturated carbocycles. The third kappa shape index (κ3) is 3.93. The summed E-state index contributed by atoms with van der Waals surface area (Å²) in [6.07, 6.45) is 3.95. The zero-order chi connectivity index (χ0) is 19.5. The Morgan fingerprint density at radius 1 is 1.18 bits per heavy atom. The van der Waals surface area contributed by atoms with E-state index in [9.17, 15) is 9.59 Å². The van der Waals surface area contributed by atoms with E-state index < -0.39 is 0 Å². The molecule has 7 nitrogen and oxygen atoms in total. The number of ether oxygens (including phenoxy) is 3. The number of carbonyl (C=O) groups excluding carboxylic acids is 2. The fourth-order valence-electron chi connectivity index (χ4n) is 3.43. The minimum absolute atomic E-state index is 0.0884. The van der Waals surface area contributed by atoms with Gasteiger partial charge in [0.15, 0.2) is 11.5 Å². The first kappa shape index (κ1) is 18.3. The number of benzene rings is 1. The number of amides is 1. The maximum Gasteiger partial charge on any atom is 0.309 e. The number of pyridine rings is 1. The van der Waals surface area contributed by atoms with Gasteiger partial charge in [0.1, 0.15) is 0 Å². The summed E-state index contributed by atoms with van der Waals surface area (Å²) in [7, 11) is 0. The number of fused-ring (bicyclic) bond motifs is 1. The van der Waals surface area contributed by atoms with E-state index in [1.165, 1.54) is 0 Å². The van der Waals surface area contributed by atoms with Crippen molar-refractivity contribution in [3.8, 4) is 11.5 Å². The molecule has 1 aromatic carbocycles. The van der Waals surface area contributed by atoms with E-state index >= 15 is 0 Å². The Labute approximate surface area is 163 Å². The van der Waals surface area contributed by atoms with Crippen LogP contribution in [0.1, 0.15) is 29.3 Å². The molecule has 1 aliphatic heterocycles. The van der Waals surface area contributed by atoms with Crippen LogP contribution >= 0.6 is 0 Å².